The number of benzene rings is 1. The molecule has 0 spiro atoms. The van der Waals surface area contributed by atoms with Crippen molar-refractivity contribution in [2.45, 2.75) is 26.4 Å². The summed E-state index contributed by atoms with van der Waals surface area (Å²) in [4.78, 5) is 4.14. The molecule has 2 aromatic rings. The van der Waals surface area contributed by atoms with E-state index < -0.39 is 6.10 Å². The van der Waals surface area contributed by atoms with E-state index in [1.165, 1.54) is 12.1 Å². The molecular weight excluding hydrogens is 235 g/mol. The summed E-state index contributed by atoms with van der Waals surface area (Å²) < 4.78 is 18.1. The van der Waals surface area contributed by atoms with Crippen molar-refractivity contribution in [1.82, 2.24) is 10.1 Å². The lowest BCUT2D eigenvalue weighted by atomic mass is 10.0. The van der Waals surface area contributed by atoms with Crippen molar-refractivity contribution in [2.24, 2.45) is 5.92 Å². The summed E-state index contributed by atoms with van der Waals surface area (Å²) >= 11 is 0. The van der Waals surface area contributed by atoms with Crippen molar-refractivity contribution in [3.8, 4) is 11.4 Å². The number of aliphatic hydroxyl groups excluding tert-OH is 1. The molecule has 0 radical (unpaired) electrons. The fraction of sp³-hybridized carbons (Fsp3) is 0.385. The third-order valence-electron chi connectivity index (χ3n) is 2.70. The van der Waals surface area contributed by atoms with Gasteiger partial charge in [-0.1, -0.05) is 31.1 Å². The Morgan fingerprint density at radius 2 is 2.17 bits per heavy atom. The van der Waals surface area contributed by atoms with Gasteiger partial charge < -0.3 is 9.63 Å². The lowest BCUT2D eigenvalue weighted by Crippen LogP contribution is -2.17. The molecule has 0 aliphatic carbocycles. The summed E-state index contributed by atoms with van der Waals surface area (Å²) in [7, 11) is 0. The maximum atomic E-state index is 13.0. The largest absolute Gasteiger partial charge is 0.392 e. The Morgan fingerprint density at radius 1 is 1.39 bits per heavy atom. The lowest BCUT2D eigenvalue weighted by Gasteiger charge is -2.10. The number of rotatable bonds is 4. The van der Waals surface area contributed by atoms with Crippen LogP contribution in [0.5, 0.6) is 0 Å². The molecule has 0 aliphatic rings. The predicted molar refractivity (Wildman–Crippen MR) is 64.2 cm³/mol. The van der Waals surface area contributed by atoms with Crippen LogP contribution in [0, 0.1) is 11.7 Å². The fourth-order valence-electron chi connectivity index (χ4n) is 1.50. The van der Waals surface area contributed by atoms with Crippen molar-refractivity contribution in [3.63, 3.8) is 0 Å². The van der Waals surface area contributed by atoms with Crippen LogP contribution in [0.2, 0.25) is 0 Å². The molecule has 1 atom stereocenters. The first kappa shape index (κ1) is 12.7. The number of aliphatic hydroxyl groups is 1. The van der Waals surface area contributed by atoms with E-state index in [1.54, 1.807) is 12.1 Å². The van der Waals surface area contributed by atoms with Gasteiger partial charge in [0.1, 0.15) is 5.82 Å². The van der Waals surface area contributed by atoms with Crippen LogP contribution in [0.25, 0.3) is 11.4 Å². The predicted octanol–water partition coefficient (Wildman–Crippen LogP) is 2.44. The molecule has 1 N–H and O–H groups in total. The molecule has 1 heterocycles. The van der Waals surface area contributed by atoms with Crippen LogP contribution in [0.4, 0.5) is 4.39 Å². The first-order valence-corrected chi connectivity index (χ1v) is 5.83. The first-order chi connectivity index (χ1) is 8.56. The van der Waals surface area contributed by atoms with Crippen LogP contribution in [0.1, 0.15) is 19.7 Å². The number of hydrogen-bond donors (Lipinski definition) is 1. The van der Waals surface area contributed by atoms with Crippen molar-refractivity contribution < 1.29 is 14.0 Å². The minimum atomic E-state index is -0.522. The fourth-order valence-corrected chi connectivity index (χ4v) is 1.50. The van der Waals surface area contributed by atoms with Gasteiger partial charge in [0.15, 0.2) is 0 Å². The Labute approximate surface area is 104 Å². The second-order valence-electron chi connectivity index (χ2n) is 4.54. The van der Waals surface area contributed by atoms with E-state index in [1.807, 2.05) is 13.8 Å². The Kier molecular flexibility index (Phi) is 3.72. The van der Waals surface area contributed by atoms with Gasteiger partial charge in [-0.25, -0.2) is 4.39 Å². The summed E-state index contributed by atoms with van der Waals surface area (Å²) in [6.45, 7) is 3.82. The summed E-state index contributed by atoms with van der Waals surface area (Å²) in [5, 5.41) is 13.5. The maximum absolute atomic E-state index is 13.0. The molecule has 2 rings (SSSR count). The van der Waals surface area contributed by atoms with Gasteiger partial charge >= 0.3 is 0 Å². The minimum Gasteiger partial charge on any atom is -0.392 e. The van der Waals surface area contributed by atoms with Crippen LogP contribution in [0.15, 0.2) is 28.8 Å². The van der Waals surface area contributed by atoms with Crippen LogP contribution in [-0.4, -0.2) is 21.4 Å². The van der Waals surface area contributed by atoms with Gasteiger partial charge in [-0.2, -0.15) is 4.98 Å². The lowest BCUT2D eigenvalue weighted by molar-refractivity contribution is 0.116. The zero-order valence-corrected chi connectivity index (χ0v) is 10.3. The van der Waals surface area contributed by atoms with E-state index in [9.17, 15) is 9.50 Å². The maximum Gasteiger partial charge on any atom is 0.229 e. The highest BCUT2D eigenvalue weighted by Gasteiger charge is 2.15. The number of halogens is 1. The molecule has 0 amide bonds. The number of aromatic nitrogens is 2. The van der Waals surface area contributed by atoms with Gasteiger partial charge in [0.05, 0.1) is 12.5 Å². The highest BCUT2D eigenvalue weighted by atomic mass is 19.1. The molecular formula is C13H15FN2O2. The second-order valence-corrected chi connectivity index (χ2v) is 4.54. The van der Waals surface area contributed by atoms with Crippen molar-refractivity contribution in [3.05, 3.63) is 36.0 Å². The average molecular weight is 250 g/mol. The smallest absolute Gasteiger partial charge is 0.229 e. The van der Waals surface area contributed by atoms with Gasteiger partial charge in [-0.15, -0.1) is 0 Å². The Hall–Kier alpha value is -1.75. The van der Waals surface area contributed by atoms with Crippen molar-refractivity contribution >= 4 is 0 Å². The molecule has 96 valence electrons. The summed E-state index contributed by atoms with van der Waals surface area (Å²) in [6.07, 6.45) is -0.217. The SMILES string of the molecule is CC(C)C(O)Cc1nc(-c2cccc(F)c2)no1. The van der Waals surface area contributed by atoms with Gasteiger partial charge in [0.25, 0.3) is 0 Å². The number of nitrogens with zero attached hydrogens (tertiary/aromatic N) is 2. The highest BCUT2D eigenvalue weighted by molar-refractivity contribution is 5.53. The van der Waals surface area contributed by atoms with Gasteiger partial charge in [0, 0.05) is 5.56 Å². The highest BCUT2D eigenvalue weighted by Crippen LogP contribution is 2.18. The van der Waals surface area contributed by atoms with Gasteiger partial charge in [-0.05, 0) is 18.1 Å². The van der Waals surface area contributed by atoms with Gasteiger partial charge in [-0.3, -0.25) is 0 Å². The van der Waals surface area contributed by atoms with E-state index in [4.69, 9.17) is 4.52 Å². The molecule has 0 saturated carbocycles. The molecule has 1 aromatic heterocycles. The monoisotopic (exact) mass is 250 g/mol. The average Bonchev–Trinajstić information content (AvgIpc) is 2.77. The van der Waals surface area contributed by atoms with Crippen LogP contribution in [-0.2, 0) is 6.42 Å². The Morgan fingerprint density at radius 3 is 2.83 bits per heavy atom. The van der Waals surface area contributed by atoms with Crippen LogP contribution >= 0.6 is 0 Å². The third kappa shape index (κ3) is 2.92. The van der Waals surface area contributed by atoms with E-state index >= 15 is 0 Å². The standard InChI is InChI=1S/C13H15FN2O2/c1-8(2)11(17)7-12-15-13(16-18-12)9-4-3-5-10(14)6-9/h3-6,8,11,17H,7H2,1-2H3. The molecule has 0 fully saturated rings. The molecule has 18 heavy (non-hydrogen) atoms. The minimum absolute atomic E-state index is 0.120. The molecule has 0 bridgehead atoms. The summed E-state index contributed by atoms with van der Waals surface area (Å²) in [6, 6.07) is 5.99. The quantitative estimate of drug-likeness (QED) is 0.905. The Balaban J connectivity index is 2.15. The van der Waals surface area contributed by atoms with Crippen LogP contribution in [0.3, 0.4) is 0 Å². The first-order valence-electron chi connectivity index (χ1n) is 5.83. The molecule has 0 aliphatic heterocycles. The molecule has 1 unspecified atom stereocenters. The van der Waals surface area contributed by atoms with Crippen molar-refractivity contribution in [1.29, 1.82) is 0 Å². The topological polar surface area (TPSA) is 59.2 Å². The normalized spacial score (nSPS) is 12.9. The molecule has 0 saturated heterocycles. The van der Waals surface area contributed by atoms with Crippen LogP contribution < -0.4 is 0 Å². The van der Waals surface area contributed by atoms with E-state index in [0.29, 0.717) is 23.7 Å². The zero-order valence-electron chi connectivity index (χ0n) is 10.3. The zero-order chi connectivity index (χ0) is 13.1. The number of hydrogen-bond acceptors (Lipinski definition) is 4. The van der Waals surface area contributed by atoms with E-state index in [-0.39, 0.29) is 11.7 Å². The molecule has 5 heteroatoms. The van der Waals surface area contributed by atoms with Gasteiger partial charge in [0.2, 0.25) is 11.7 Å². The molecule has 4 nitrogen and oxygen atoms in total. The van der Waals surface area contributed by atoms with Crippen molar-refractivity contribution in [2.75, 3.05) is 0 Å². The molecule has 1 aromatic carbocycles. The Bertz CT molecular complexity index is 525. The third-order valence-corrected chi connectivity index (χ3v) is 2.70. The van der Waals surface area contributed by atoms with E-state index in [2.05, 4.69) is 10.1 Å². The second kappa shape index (κ2) is 5.27. The summed E-state index contributed by atoms with van der Waals surface area (Å²) in [5.74, 6) is 0.464. The van der Waals surface area contributed by atoms with E-state index in [0.717, 1.165) is 0 Å². The summed E-state index contributed by atoms with van der Waals surface area (Å²) in [5.41, 5.74) is 0.559.